The maximum Gasteiger partial charge on any atom is 0.280 e. The van der Waals surface area contributed by atoms with E-state index in [4.69, 9.17) is 9.47 Å². The molecule has 24 heavy (non-hydrogen) atoms. The molecule has 2 rings (SSSR count). The van der Waals surface area contributed by atoms with Crippen molar-refractivity contribution in [2.45, 2.75) is 26.9 Å². The van der Waals surface area contributed by atoms with Crippen molar-refractivity contribution in [2.24, 2.45) is 5.10 Å². The van der Waals surface area contributed by atoms with Gasteiger partial charge in [-0.2, -0.15) is 5.10 Å². The average molecular weight is 326 g/mol. The van der Waals surface area contributed by atoms with Gasteiger partial charge < -0.3 is 9.47 Å². The molecule has 0 saturated heterocycles. The van der Waals surface area contributed by atoms with Crippen LogP contribution in [0.4, 0.5) is 0 Å². The zero-order valence-electron chi connectivity index (χ0n) is 14.2. The van der Waals surface area contributed by atoms with Gasteiger partial charge in [0.05, 0.1) is 12.8 Å². The maximum absolute atomic E-state index is 12.0. The first-order valence-electron chi connectivity index (χ1n) is 7.87. The van der Waals surface area contributed by atoms with Crippen LogP contribution < -0.4 is 14.9 Å². The van der Waals surface area contributed by atoms with Crippen LogP contribution in [0.3, 0.4) is 0 Å². The Balaban J connectivity index is 1.85. The standard InChI is InChI=1S/C19H22N2O3/c1-4-23-17-10-8-16(9-11-17)13-20-21-19(22)15(3)24-18-7-5-6-14(2)12-18/h5-13,15H,4H2,1-3H3,(H,21,22). The van der Waals surface area contributed by atoms with Gasteiger partial charge in [0.2, 0.25) is 0 Å². The Bertz CT molecular complexity index is 696. The second-order valence-corrected chi connectivity index (χ2v) is 5.31. The first-order chi connectivity index (χ1) is 11.6. The summed E-state index contributed by atoms with van der Waals surface area (Å²) in [5.41, 5.74) is 4.42. The number of hydrazone groups is 1. The van der Waals surface area contributed by atoms with Crippen molar-refractivity contribution in [3.8, 4) is 11.5 Å². The lowest BCUT2D eigenvalue weighted by Gasteiger charge is -2.13. The van der Waals surface area contributed by atoms with Crippen molar-refractivity contribution in [1.29, 1.82) is 0 Å². The molecule has 1 unspecified atom stereocenters. The molecule has 0 aliphatic rings. The third kappa shape index (κ3) is 5.43. The van der Waals surface area contributed by atoms with Crippen molar-refractivity contribution < 1.29 is 14.3 Å². The van der Waals surface area contributed by atoms with E-state index < -0.39 is 6.10 Å². The third-order valence-corrected chi connectivity index (χ3v) is 3.25. The molecule has 0 bridgehead atoms. The van der Waals surface area contributed by atoms with Crippen LogP contribution in [0.15, 0.2) is 53.6 Å². The molecule has 0 aliphatic carbocycles. The summed E-state index contributed by atoms with van der Waals surface area (Å²) in [6.07, 6.45) is 0.941. The Hall–Kier alpha value is -2.82. The van der Waals surface area contributed by atoms with Crippen LogP contribution in [-0.2, 0) is 4.79 Å². The van der Waals surface area contributed by atoms with Crippen LogP contribution in [0, 0.1) is 6.92 Å². The topological polar surface area (TPSA) is 59.9 Å². The van der Waals surface area contributed by atoms with E-state index in [2.05, 4.69) is 10.5 Å². The van der Waals surface area contributed by atoms with Gasteiger partial charge in [0, 0.05) is 0 Å². The number of benzene rings is 2. The van der Waals surface area contributed by atoms with E-state index in [1.54, 1.807) is 13.1 Å². The quantitative estimate of drug-likeness (QED) is 0.627. The number of rotatable bonds is 7. The highest BCUT2D eigenvalue weighted by Gasteiger charge is 2.13. The molecule has 5 nitrogen and oxygen atoms in total. The van der Waals surface area contributed by atoms with Gasteiger partial charge in [-0.15, -0.1) is 0 Å². The molecule has 1 atom stereocenters. The van der Waals surface area contributed by atoms with Crippen LogP contribution in [0.5, 0.6) is 11.5 Å². The van der Waals surface area contributed by atoms with Gasteiger partial charge in [-0.3, -0.25) is 4.79 Å². The molecule has 0 heterocycles. The van der Waals surface area contributed by atoms with Crippen LogP contribution in [-0.4, -0.2) is 24.8 Å². The highest BCUT2D eigenvalue weighted by Crippen LogP contribution is 2.14. The summed E-state index contributed by atoms with van der Waals surface area (Å²) in [5.74, 6) is 1.16. The molecule has 0 radical (unpaired) electrons. The van der Waals surface area contributed by atoms with E-state index in [9.17, 15) is 4.79 Å². The van der Waals surface area contributed by atoms with E-state index in [0.29, 0.717) is 12.4 Å². The second kappa shape index (κ2) is 8.72. The molecule has 2 aromatic rings. The predicted octanol–water partition coefficient (Wildman–Crippen LogP) is 3.31. The molecule has 1 amide bonds. The first-order valence-corrected chi connectivity index (χ1v) is 7.87. The molecule has 0 saturated carbocycles. The highest BCUT2D eigenvalue weighted by atomic mass is 16.5. The van der Waals surface area contributed by atoms with Crippen molar-refractivity contribution >= 4 is 12.1 Å². The number of ether oxygens (including phenoxy) is 2. The fraction of sp³-hybridized carbons (Fsp3) is 0.263. The number of aryl methyl sites for hydroxylation is 1. The molecule has 2 aromatic carbocycles. The molecule has 1 N–H and O–H groups in total. The van der Waals surface area contributed by atoms with E-state index in [-0.39, 0.29) is 5.91 Å². The van der Waals surface area contributed by atoms with Gasteiger partial charge >= 0.3 is 0 Å². The third-order valence-electron chi connectivity index (χ3n) is 3.25. The largest absolute Gasteiger partial charge is 0.494 e. The van der Waals surface area contributed by atoms with Gasteiger partial charge in [-0.05, 0) is 68.3 Å². The lowest BCUT2D eigenvalue weighted by atomic mass is 10.2. The molecule has 0 aromatic heterocycles. The normalized spacial score (nSPS) is 12.0. The maximum atomic E-state index is 12.0. The zero-order valence-corrected chi connectivity index (χ0v) is 14.2. The van der Waals surface area contributed by atoms with Crippen molar-refractivity contribution in [3.63, 3.8) is 0 Å². The summed E-state index contributed by atoms with van der Waals surface area (Å²) in [6.45, 7) is 6.22. The lowest BCUT2D eigenvalue weighted by molar-refractivity contribution is -0.127. The van der Waals surface area contributed by atoms with Gasteiger partial charge in [-0.1, -0.05) is 12.1 Å². The first kappa shape index (κ1) is 17.5. The lowest BCUT2D eigenvalue weighted by Crippen LogP contribution is -2.33. The molecule has 126 valence electrons. The summed E-state index contributed by atoms with van der Waals surface area (Å²) >= 11 is 0. The second-order valence-electron chi connectivity index (χ2n) is 5.31. The van der Waals surface area contributed by atoms with Crippen LogP contribution >= 0.6 is 0 Å². The Morgan fingerprint density at radius 3 is 2.62 bits per heavy atom. The van der Waals surface area contributed by atoms with Gasteiger partial charge in [0.1, 0.15) is 11.5 Å². The van der Waals surface area contributed by atoms with E-state index in [1.807, 2.05) is 62.4 Å². The Morgan fingerprint density at radius 1 is 1.21 bits per heavy atom. The minimum atomic E-state index is -0.635. The minimum Gasteiger partial charge on any atom is -0.494 e. The fourth-order valence-electron chi connectivity index (χ4n) is 2.02. The van der Waals surface area contributed by atoms with Crippen LogP contribution in [0.2, 0.25) is 0 Å². The molecule has 5 heteroatoms. The van der Waals surface area contributed by atoms with Gasteiger partial charge in [-0.25, -0.2) is 5.43 Å². The molecular weight excluding hydrogens is 304 g/mol. The number of nitrogens with one attached hydrogen (secondary N) is 1. The highest BCUT2D eigenvalue weighted by molar-refractivity contribution is 5.84. The van der Waals surface area contributed by atoms with E-state index in [0.717, 1.165) is 16.9 Å². The van der Waals surface area contributed by atoms with Gasteiger partial charge in [0.15, 0.2) is 6.10 Å². The monoisotopic (exact) mass is 326 g/mol. The number of hydrogen-bond donors (Lipinski definition) is 1. The minimum absolute atomic E-state index is 0.307. The SMILES string of the molecule is CCOc1ccc(C=NNC(=O)C(C)Oc2cccc(C)c2)cc1. The van der Waals surface area contributed by atoms with Crippen molar-refractivity contribution in [2.75, 3.05) is 6.61 Å². The number of nitrogens with zero attached hydrogens (tertiary/aromatic N) is 1. The Labute approximate surface area is 142 Å². The van der Waals surface area contributed by atoms with Crippen molar-refractivity contribution in [3.05, 3.63) is 59.7 Å². The predicted molar refractivity (Wildman–Crippen MR) is 94.6 cm³/mol. The molecule has 0 fully saturated rings. The molecule has 0 spiro atoms. The van der Waals surface area contributed by atoms with Crippen LogP contribution in [0.1, 0.15) is 25.0 Å². The Kier molecular flexibility index (Phi) is 6.37. The van der Waals surface area contributed by atoms with Crippen LogP contribution in [0.25, 0.3) is 0 Å². The molecular formula is C19H22N2O3. The summed E-state index contributed by atoms with van der Waals surface area (Å²) in [4.78, 5) is 12.0. The number of carbonyl (C=O) groups is 1. The summed E-state index contributed by atoms with van der Waals surface area (Å²) in [6, 6.07) is 15.0. The fourth-order valence-corrected chi connectivity index (χ4v) is 2.02. The summed E-state index contributed by atoms with van der Waals surface area (Å²) < 4.78 is 11.0. The van der Waals surface area contributed by atoms with E-state index >= 15 is 0 Å². The zero-order chi connectivity index (χ0) is 17.4. The summed E-state index contributed by atoms with van der Waals surface area (Å²) in [7, 11) is 0. The number of amides is 1. The summed E-state index contributed by atoms with van der Waals surface area (Å²) in [5, 5.41) is 3.95. The number of carbonyl (C=O) groups excluding carboxylic acids is 1. The van der Waals surface area contributed by atoms with E-state index in [1.165, 1.54) is 0 Å². The smallest absolute Gasteiger partial charge is 0.280 e. The number of hydrogen-bond acceptors (Lipinski definition) is 4. The molecule has 0 aliphatic heterocycles. The average Bonchev–Trinajstić information content (AvgIpc) is 2.56. The van der Waals surface area contributed by atoms with Gasteiger partial charge in [0.25, 0.3) is 5.91 Å². The Morgan fingerprint density at radius 2 is 1.96 bits per heavy atom. The van der Waals surface area contributed by atoms with Crippen molar-refractivity contribution in [1.82, 2.24) is 5.43 Å².